The van der Waals surface area contributed by atoms with Gasteiger partial charge in [0.05, 0.1) is 12.2 Å². The van der Waals surface area contributed by atoms with Crippen LogP contribution in [0, 0.1) is 0 Å². The second-order valence-corrected chi connectivity index (χ2v) is 3.82. The molecule has 15 heavy (non-hydrogen) atoms. The SMILES string of the molecule is CCOC(=O)c1nn(C)cc1C1(O)CC1. The predicted octanol–water partition coefficient (Wildman–Crippen LogP) is 0.578. The van der Waals surface area contributed by atoms with Crippen LogP contribution in [0.5, 0.6) is 0 Å². The van der Waals surface area contributed by atoms with Gasteiger partial charge in [-0.3, -0.25) is 4.68 Å². The Balaban J connectivity index is 2.33. The van der Waals surface area contributed by atoms with Gasteiger partial charge in [0.1, 0.15) is 0 Å². The van der Waals surface area contributed by atoms with Gasteiger partial charge >= 0.3 is 5.97 Å². The maximum Gasteiger partial charge on any atom is 0.359 e. The molecule has 0 spiro atoms. The van der Waals surface area contributed by atoms with E-state index in [4.69, 9.17) is 4.74 Å². The van der Waals surface area contributed by atoms with Gasteiger partial charge in [-0.25, -0.2) is 4.79 Å². The van der Waals surface area contributed by atoms with Crippen LogP contribution in [-0.2, 0) is 17.4 Å². The van der Waals surface area contributed by atoms with E-state index in [0.29, 0.717) is 25.0 Å². The van der Waals surface area contributed by atoms with Crippen molar-refractivity contribution in [1.29, 1.82) is 0 Å². The number of esters is 1. The number of carbonyl (C=O) groups excluding carboxylic acids is 1. The Kier molecular flexibility index (Phi) is 2.26. The molecule has 1 heterocycles. The minimum Gasteiger partial charge on any atom is -0.461 e. The maximum atomic E-state index is 11.5. The summed E-state index contributed by atoms with van der Waals surface area (Å²) in [4.78, 5) is 11.5. The van der Waals surface area contributed by atoms with Crippen LogP contribution in [0.2, 0.25) is 0 Å². The molecule has 5 heteroatoms. The average molecular weight is 210 g/mol. The first-order chi connectivity index (χ1) is 7.07. The second-order valence-electron chi connectivity index (χ2n) is 3.82. The molecule has 5 nitrogen and oxygen atoms in total. The third kappa shape index (κ3) is 1.74. The zero-order chi connectivity index (χ0) is 11.1. The number of aromatic nitrogens is 2. The summed E-state index contributed by atoms with van der Waals surface area (Å²) in [5.74, 6) is -0.464. The highest BCUT2D eigenvalue weighted by Gasteiger charge is 2.46. The van der Waals surface area contributed by atoms with E-state index in [1.807, 2.05) is 0 Å². The van der Waals surface area contributed by atoms with Gasteiger partial charge in [0.15, 0.2) is 5.69 Å². The van der Waals surface area contributed by atoms with Crippen molar-refractivity contribution in [2.75, 3.05) is 6.61 Å². The lowest BCUT2D eigenvalue weighted by Gasteiger charge is -2.06. The zero-order valence-electron chi connectivity index (χ0n) is 8.86. The fourth-order valence-corrected chi connectivity index (χ4v) is 1.57. The molecule has 1 fully saturated rings. The smallest absolute Gasteiger partial charge is 0.359 e. The molecule has 0 bridgehead atoms. The molecule has 1 N–H and O–H groups in total. The lowest BCUT2D eigenvalue weighted by atomic mass is 10.1. The molecule has 1 aliphatic rings. The van der Waals surface area contributed by atoms with Gasteiger partial charge < -0.3 is 9.84 Å². The number of carbonyl (C=O) groups is 1. The topological polar surface area (TPSA) is 64.3 Å². The van der Waals surface area contributed by atoms with Crippen molar-refractivity contribution in [3.63, 3.8) is 0 Å². The Morgan fingerprint density at radius 1 is 1.73 bits per heavy atom. The second kappa shape index (κ2) is 3.34. The maximum absolute atomic E-state index is 11.5. The first kappa shape index (κ1) is 10.2. The predicted molar refractivity (Wildman–Crippen MR) is 52.3 cm³/mol. The fraction of sp³-hybridized carbons (Fsp3) is 0.600. The lowest BCUT2D eigenvalue weighted by Crippen LogP contribution is -2.13. The van der Waals surface area contributed by atoms with Gasteiger partial charge in [0, 0.05) is 18.8 Å². The monoisotopic (exact) mass is 210 g/mol. The Morgan fingerprint density at radius 3 is 2.93 bits per heavy atom. The molecule has 1 aromatic rings. The zero-order valence-corrected chi connectivity index (χ0v) is 8.86. The van der Waals surface area contributed by atoms with Crippen molar-refractivity contribution in [2.24, 2.45) is 7.05 Å². The van der Waals surface area contributed by atoms with E-state index >= 15 is 0 Å². The van der Waals surface area contributed by atoms with Crippen molar-refractivity contribution in [3.05, 3.63) is 17.5 Å². The van der Waals surface area contributed by atoms with Crippen LogP contribution in [-0.4, -0.2) is 27.5 Å². The Labute approximate surface area is 87.7 Å². The number of aliphatic hydroxyl groups is 1. The van der Waals surface area contributed by atoms with Crippen LogP contribution >= 0.6 is 0 Å². The van der Waals surface area contributed by atoms with E-state index in [1.165, 1.54) is 4.68 Å². The Hall–Kier alpha value is -1.36. The van der Waals surface area contributed by atoms with E-state index < -0.39 is 11.6 Å². The highest BCUT2D eigenvalue weighted by molar-refractivity contribution is 5.89. The van der Waals surface area contributed by atoms with Crippen LogP contribution in [0.4, 0.5) is 0 Å². The summed E-state index contributed by atoms with van der Waals surface area (Å²) in [6.07, 6.45) is 3.05. The molecular weight excluding hydrogens is 196 g/mol. The van der Waals surface area contributed by atoms with Crippen molar-refractivity contribution in [3.8, 4) is 0 Å². The van der Waals surface area contributed by atoms with E-state index in [-0.39, 0.29) is 5.69 Å². The van der Waals surface area contributed by atoms with Gasteiger partial charge in [0.25, 0.3) is 0 Å². The highest BCUT2D eigenvalue weighted by atomic mass is 16.5. The number of hydrogen-bond donors (Lipinski definition) is 1. The van der Waals surface area contributed by atoms with Gasteiger partial charge in [0.2, 0.25) is 0 Å². The molecule has 0 atom stereocenters. The Morgan fingerprint density at radius 2 is 2.40 bits per heavy atom. The van der Waals surface area contributed by atoms with Crippen molar-refractivity contribution in [1.82, 2.24) is 9.78 Å². The van der Waals surface area contributed by atoms with Crippen LogP contribution < -0.4 is 0 Å². The van der Waals surface area contributed by atoms with Crippen LogP contribution in [0.25, 0.3) is 0 Å². The first-order valence-electron chi connectivity index (χ1n) is 5.00. The quantitative estimate of drug-likeness (QED) is 0.741. The summed E-state index contributed by atoms with van der Waals surface area (Å²) in [6, 6.07) is 0. The van der Waals surface area contributed by atoms with Gasteiger partial charge in [-0.1, -0.05) is 0 Å². The van der Waals surface area contributed by atoms with Crippen LogP contribution in [0.15, 0.2) is 6.20 Å². The summed E-state index contributed by atoms with van der Waals surface area (Å²) < 4.78 is 6.40. The van der Waals surface area contributed by atoms with E-state index in [2.05, 4.69) is 5.10 Å². The molecule has 2 rings (SSSR count). The third-order valence-corrected chi connectivity index (χ3v) is 2.52. The number of rotatable bonds is 3. The number of aryl methyl sites for hydroxylation is 1. The molecule has 1 aromatic heterocycles. The number of nitrogens with zero attached hydrogens (tertiary/aromatic N) is 2. The van der Waals surface area contributed by atoms with Gasteiger partial charge in [-0.15, -0.1) is 0 Å². The van der Waals surface area contributed by atoms with E-state index in [9.17, 15) is 9.90 Å². The third-order valence-electron chi connectivity index (χ3n) is 2.52. The summed E-state index contributed by atoms with van der Waals surface area (Å²) in [6.45, 7) is 2.06. The molecule has 0 saturated heterocycles. The number of ether oxygens (including phenoxy) is 1. The largest absolute Gasteiger partial charge is 0.461 e. The summed E-state index contributed by atoms with van der Waals surface area (Å²) >= 11 is 0. The molecule has 82 valence electrons. The molecule has 0 amide bonds. The molecule has 1 aliphatic carbocycles. The van der Waals surface area contributed by atoms with Gasteiger partial charge in [-0.2, -0.15) is 5.10 Å². The molecule has 0 aromatic carbocycles. The van der Waals surface area contributed by atoms with Crippen LogP contribution in [0.3, 0.4) is 0 Å². The summed E-state index contributed by atoms with van der Waals surface area (Å²) in [7, 11) is 1.72. The molecule has 1 saturated carbocycles. The van der Waals surface area contributed by atoms with Crippen molar-refractivity contribution >= 4 is 5.97 Å². The molecular formula is C10H14N2O3. The fourth-order valence-electron chi connectivity index (χ4n) is 1.57. The van der Waals surface area contributed by atoms with E-state index in [0.717, 1.165) is 0 Å². The van der Waals surface area contributed by atoms with Crippen LogP contribution in [0.1, 0.15) is 35.8 Å². The standard InChI is InChI=1S/C10H14N2O3/c1-3-15-9(13)8-7(6-12(2)11-8)10(14)4-5-10/h6,14H,3-5H2,1-2H3. The van der Waals surface area contributed by atoms with Gasteiger partial charge in [-0.05, 0) is 19.8 Å². The summed E-state index contributed by atoms with van der Waals surface area (Å²) in [5, 5.41) is 14.0. The minimum absolute atomic E-state index is 0.236. The van der Waals surface area contributed by atoms with E-state index in [1.54, 1.807) is 20.2 Å². The van der Waals surface area contributed by atoms with Crippen molar-refractivity contribution < 1.29 is 14.6 Å². The lowest BCUT2D eigenvalue weighted by molar-refractivity contribution is 0.0508. The molecule has 0 unspecified atom stereocenters. The molecule has 0 radical (unpaired) electrons. The first-order valence-corrected chi connectivity index (χ1v) is 5.00. The minimum atomic E-state index is -0.851. The average Bonchev–Trinajstić information content (AvgIpc) is 2.78. The normalized spacial score (nSPS) is 17.5. The Bertz CT molecular complexity index is 393. The summed E-state index contributed by atoms with van der Waals surface area (Å²) in [5.41, 5.74) is -0.0288. The van der Waals surface area contributed by atoms with Crippen molar-refractivity contribution in [2.45, 2.75) is 25.4 Å². The highest BCUT2D eigenvalue weighted by Crippen LogP contribution is 2.46. The molecule has 0 aliphatic heterocycles. The number of hydrogen-bond acceptors (Lipinski definition) is 4.